The Labute approximate surface area is 105 Å². The normalized spacial score (nSPS) is 12.8. The molecule has 0 aromatic carbocycles. The summed E-state index contributed by atoms with van der Waals surface area (Å²) in [7, 11) is 0. The molecule has 0 saturated heterocycles. The molecule has 17 heavy (non-hydrogen) atoms. The van der Waals surface area contributed by atoms with Crippen LogP contribution < -0.4 is 10.6 Å². The molecule has 4 nitrogen and oxygen atoms in total. The lowest BCUT2D eigenvalue weighted by Gasteiger charge is -2.09. The highest BCUT2D eigenvalue weighted by molar-refractivity contribution is 5.77. The van der Waals surface area contributed by atoms with Crippen LogP contribution in [0.1, 0.15) is 40.0 Å². The molecule has 102 valence electrons. The van der Waals surface area contributed by atoms with Crippen molar-refractivity contribution in [3.05, 3.63) is 0 Å². The van der Waals surface area contributed by atoms with Gasteiger partial charge in [0.15, 0.2) is 0 Å². The van der Waals surface area contributed by atoms with E-state index in [1.54, 1.807) is 0 Å². The smallest absolute Gasteiger partial charge is 0.233 e. The zero-order valence-corrected chi connectivity index (χ0v) is 11.5. The van der Waals surface area contributed by atoms with E-state index in [4.69, 9.17) is 5.11 Å². The molecule has 0 aliphatic rings. The Balaban J connectivity index is 3.27. The van der Waals surface area contributed by atoms with Gasteiger partial charge in [0.2, 0.25) is 5.91 Å². The number of nitrogens with one attached hydrogen (secondary N) is 2. The minimum Gasteiger partial charge on any atom is -0.396 e. The van der Waals surface area contributed by atoms with Gasteiger partial charge in [-0.15, -0.1) is 0 Å². The van der Waals surface area contributed by atoms with Crippen LogP contribution in [-0.2, 0) is 4.79 Å². The highest BCUT2D eigenvalue weighted by Gasteiger charge is 2.02. The van der Waals surface area contributed by atoms with Crippen molar-refractivity contribution in [2.24, 2.45) is 11.8 Å². The van der Waals surface area contributed by atoms with E-state index in [0.29, 0.717) is 18.4 Å². The summed E-state index contributed by atoms with van der Waals surface area (Å²) in [6.07, 6.45) is 3.03. The van der Waals surface area contributed by atoms with E-state index in [9.17, 15) is 4.79 Å². The molecule has 0 saturated carbocycles. The summed E-state index contributed by atoms with van der Waals surface area (Å²) in [6.45, 7) is 8.56. The van der Waals surface area contributed by atoms with Gasteiger partial charge in [-0.2, -0.15) is 0 Å². The van der Waals surface area contributed by atoms with E-state index in [2.05, 4.69) is 24.5 Å². The third-order valence-corrected chi connectivity index (χ3v) is 2.69. The lowest BCUT2D eigenvalue weighted by molar-refractivity contribution is -0.120. The second kappa shape index (κ2) is 10.5. The Morgan fingerprint density at radius 3 is 2.47 bits per heavy atom. The molecule has 0 aliphatic heterocycles. The molecule has 3 N–H and O–H groups in total. The first-order chi connectivity index (χ1) is 8.06. The number of rotatable bonds is 10. The average molecular weight is 244 g/mol. The monoisotopic (exact) mass is 244 g/mol. The molecule has 0 aromatic heterocycles. The summed E-state index contributed by atoms with van der Waals surface area (Å²) >= 11 is 0. The first kappa shape index (κ1) is 16.4. The summed E-state index contributed by atoms with van der Waals surface area (Å²) in [6, 6.07) is 0. The molecular formula is C13H28N2O2. The summed E-state index contributed by atoms with van der Waals surface area (Å²) in [4.78, 5) is 11.4. The molecule has 0 rings (SSSR count). The minimum absolute atomic E-state index is 0.0702. The molecule has 1 atom stereocenters. The van der Waals surface area contributed by atoms with Crippen LogP contribution in [0.2, 0.25) is 0 Å². The van der Waals surface area contributed by atoms with Gasteiger partial charge in [-0.3, -0.25) is 4.79 Å². The lowest BCUT2D eigenvalue weighted by Crippen LogP contribution is -2.35. The number of hydrogen-bond donors (Lipinski definition) is 3. The number of amides is 1. The van der Waals surface area contributed by atoms with Crippen LogP contribution in [0.4, 0.5) is 0 Å². The van der Waals surface area contributed by atoms with Gasteiger partial charge in [0, 0.05) is 13.2 Å². The van der Waals surface area contributed by atoms with Crippen molar-refractivity contribution < 1.29 is 9.90 Å². The van der Waals surface area contributed by atoms with Crippen LogP contribution in [0.5, 0.6) is 0 Å². The molecular weight excluding hydrogens is 216 g/mol. The second-order valence-corrected chi connectivity index (χ2v) is 5.14. The maximum Gasteiger partial charge on any atom is 0.233 e. The van der Waals surface area contributed by atoms with Crippen LogP contribution in [0, 0.1) is 11.8 Å². The SMILES string of the molecule is CC(C)CCNC(=O)CNCCCC(C)CO. The topological polar surface area (TPSA) is 61.4 Å². The van der Waals surface area contributed by atoms with Gasteiger partial charge in [0.1, 0.15) is 0 Å². The number of aliphatic hydroxyl groups excluding tert-OH is 1. The van der Waals surface area contributed by atoms with Crippen molar-refractivity contribution in [2.45, 2.75) is 40.0 Å². The van der Waals surface area contributed by atoms with E-state index in [-0.39, 0.29) is 12.5 Å². The van der Waals surface area contributed by atoms with Crippen LogP contribution in [-0.4, -0.2) is 37.3 Å². The summed E-state index contributed by atoms with van der Waals surface area (Å²) in [5, 5.41) is 14.8. The molecule has 0 aliphatic carbocycles. The van der Waals surface area contributed by atoms with Crippen LogP contribution in [0.3, 0.4) is 0 Å². The molecule has 4 heteroatoms. The number of hydrogen-bond acceptors (Lipinski definition) is 3. The average Bonchev–Trinajstić information content (AvgIpc) is 2.27. The van der Waals surface area contributed by atoms with Gasteiger partial charge in [0.25, 0.3) is 0 Å². The fourth-order valence-corrected chi connectivity index (χ4v) is 1.43. The van der Waals surface area contributed by atoms with E-state index >= 15 is 0 Å². The van der Waals surface area contributed by atoms with E-state index in [0.717, 1.165) is 32.4 Å². The zero-order valence-electron chi connectivity index (χ0n) is 11.5. The zero-order chi connectivity index (χ0) is 13.1. The first-order valence-electron chi connectivity index (χ1n) is 6.64. The van der Waals surface area contributed by atoms with Gasteiger partial charge >= 0.3 is 0 Å². The lowest BCUT2D eigenvalue weighted by atomic mass is 10.1. The number of aliphatic hydroxyl groups is 1. The predicted octanol–water partition coefficient (Wildman–Crippen LogP) is 1.15. The molecule has 0 heterocycles. The van der Waals surface area contributed by atoms with Crippen LogP contribution >= 0.6 is 0 Å². The molecule has 1 unspecified atom stereocenters. The second-order valence-electron chi connectivity index (χ2n) is 5.14. The van der Waals surface area contributed by atoms with Gasteiger partial charge in [-0.25, -0.2) is 0 Å². The Morgan fingerprint density at radius 2 is 1.88 bits per heavy atom. The minimum atomic E-state index is 0.0702. The maximum atomic E-state index is 11.4. The fraction of sp³-hybridized carbons (Fsp3) is 0.923. The molecule has 1 amide bonds. The molecule has 0 aromatic rings. The Hall–Kier alpha value is -0.610. The van der Waals surface area contributed by atoms with Crippen molar-refractivity contribution in [1.29, 1.82) is 0 Å². The third kappa shape index (κ3) is 11.6. The molecule has 0 radical (unpaired) electrons. The third-order valence-electron chi connectivity index (χ3n) is 2.69. The van der Waals surface area contributed by atoms with E-state index in [1.807, 2.05) is 6.92 Å². The van der Waals surface area contributed by atoms with Crippen LogP contribution in [0.25, 0.3) is 0 Å². The van der Waals surface area contributed by atoms with Crippen molar-refractivity contribution >= 4 is 5.91 Å². The van der Waals surface area contributed by atoms with E-state index in [1.165, 1.54) is 0 Å². The standard InChI is InChI=1S/C13H28N2O2/c1-11(2)6-8-15-13(17)9-14-7-4-5-12(3)10-16/h11-12,14,16H,4-10H2,1-3H3,(H,15,17). The summed E-state index contributed by atoms with van der Waals surface area (Å²) in [5.74, 6) is 1.06. The van der Waals surface area contributed by atoms with Crippen molar-refractivity contribution in [3.8, 4) is 0 Å². The molecule has 0 spiro atoms. The maximum absolute atomic E-state index is 11.4. The Kier molecular flexibility index (Phi) is 10.2. The fourth-order valence-electron chi connectivity index (χ4n) is 1.43. The van der Waals surface area contributed by atoms with Crippen molar-refractivity contribution in [3.63, 3.8) is 0 Å². The van der Waals surface area contributed by atoms with Gasteiger partial charge in [-0.05, 0) is 37.6 Å². The number of carbonyl (C=O) groups is 1. The number of carbonyl (C=O) groups excluding carboxylic acids is 1. The quantitative estimate of drug-likeness (QED) is 0.505. The summed E-state index contributed by atoms with van der Waals surface area (Å²) in [5.41, 5.74) is 0. The highest BCUT2D eigenvalue weighted by Crippen LogP contribution is 2.02. The Bertz CT molecular complexity index is 196. The highest BCUT2D eigenvalue weighted by atomic mass is 16.3. The van der Waals surface area contributed by atoms with Gasteiger partial charge < -0.3 is 15.7 Å². The largest absolute Gasteiger partial charge is 0.396 e. The molecule has 0 fully saturated rings. The molecule has 0 bridgehead atoms. The van der Waals surface area contributed by atoms with Crippen molar-refractivity contribution in [2.75, 3.05) is 26.2 Å². The van der Waals surface area contributed by atoms with Gasteiger partial charge in [-0.1, -0.05) is 20.8 Å². The van der Waals surface area contributed by atoms with Crippen molar-refractivity contribution in [1.82, 2.24) is 10.6 Å². The van der Waals surface area contributed by atoms with Gasteiger partial charge in [0.05, 0.1) is 6.54 Å². The van der Waals surface area contributed by atoms with E-state index < -0.39 is 0 Å². The summed E-state index contributed by atoms with van der Waals surface area (Å²) < 4.78 is 0. The predicted molar refractivity (Wildman–Crippen MR) is 70.8 cm³/mol. The first-order valence-corrected chi connectivity index (χ1v) is 6.64. The van der Waals surface area contributed by atoms with Crippen LogP contribution in [0.15, 0.2) is 0 Å². The Morgan fingerprint density at radius 1 is 1.18 bits per heavy atom.